The van der Waals surface area contributed by atoms with E-state index in [4.69, 9.17) is 15.2 Å². The first-order valence-corrected chi connectivity index (χ1v) is 4.91. The van der Waals surface area contributed by atoms with Gasteiger partial charge in [0.15, 0.2) is 0 Å². The second-order valence-corrected chi connectivity index (χ2v) is 3.98. The Morgan fingerprint density at radius 3 is 3.00 bits per heavy atom. The van der Waals surface area contributed by atoms with E-state index in [1.165, 1.54) is 0 Å². The number of hydrogen-bond acceptors (Lipinski definition) is 4. The fraction of sp³-hybridized carbons (Fsp3) is 0.364. The zero-order valence-electron chi connectivity index (χ0n) is 8.37. The highest BCUT2D eigenvalue weighted by Crippen LogP contribution is 2.43. The molecule has 1 aromatic rings. The Hall–Kier alpha value is -1.55. The molecule has 78 valence electrons. The SMILES string of the molecule is COc1c2c(cc3c1C(=O)O3)CC(N)C2. The van der Waals surface area contributed by atoms with Crippen LogP contribution in [0.1, 0.15) is 21.5 Å². The molecule has 0 radical (unpaired) electrons. The van der Waals surface area contributed by atoms with Gasteiger partial charge >= 0.3 is 5.97 Å². The monoisotopic (exact) mass is 205 g/mol. The van der Waals surface area contributed by atoms with Crippen molar-refractivity contribution < 1.29 is 14.3 Å². The highest BCUT2D eigenvalue weighted by molar-refractivity contribution is 6.04. The van der Waals surface area contributed by atoms with Crippen LogP contribution in [0.3, 0.4) is 0 Å². The first-order chi connectivity index (χ1) is 7.20. The van der Waals surface area contributed by atoms with Crippen LogP contribution in [0, 0.1) is 0 Å². The van der Waals surface area contributed by atoms with Crippen molar-refractivity contribution in [3.8, 4) is 11.5 Å². The highest BCUT2D eigenvalue weighted by Gasteiger charge is 2.36. The first kappa shape index (κ1) is 8.73. The van der Waals surface area contributed by atoms with Gasteiger partial charge in [0.1, 0.15) is 17.1 Å². The van der Waals surface area contributed by atoms with Gasteiger partial charge in [-0.2, -0.15) is 0 Å². The van der Waals surface area contributed by atoms with E-state index in [1.807, 2.05) is 6.07 Å². The van der Waals surface area contributed by atoms with Crippen molar-refractivity contribution in [2.45, 2.75) is 18.9 Å². The van der Waals surface area contributed by atoms with E-state index in [-0.39, 0.29) is 12.0 Å². The van der Waals surface area contributed by atoms with E-state index in [0.717, 1.165) is 24.0 Å². The Balaban J connectivity index is 2.22. The van der Waals surface area contributed by atoms with Gasteiger partial charge in [0.2, 0.25) is 0 Å². The molecular formula is C11H11NO3. The number of esters is 1. The number of carbonyl (C=O) groups excluding carboxylic acids is 1. The molecule has 0 aromatic heterocycles. The minimum atomic E-state index is -0.301. The molecular weight excluding hydrogens is 194 g/mol. The van der Waals surface area contributed by atoms with Crippen molar-refractivity contribution in [3.63, 3.8) is 0 Å². The Kier molecular flexibility index (Phi) is 1.59. The molecule has 3 rings (SSSR count). The van der Waals surface area contributed by atoms with E-state index in [2.05, 4.69) is 0 Å². The van der Waals surface area contributed by atoms with Crippen molar-refractivity contribution in [3.05, 3.63) is 22.8 Å². The molecule has 1 atom stereocenters. The molecule has 1 aliphatic heterocycles. The van der Waals surface area contributed by atoms with Gasteiger partial charge in [-0.3, -0.25) is 0 Å². The zero-order valence-corrected chi connectivity index (χ0v) is 8.37. The third-order valence-corrected chi connectivity index (χ3v) is 3.00. The average Bonchev–Trinajstić information content (AvgIpc) is 2.55. The standard InChI is InChI=1S/C11H11NO3/c1-14-10-7-4-6(12)2-5(7)3-8-9(10)11(13)15-8/h3,6H,2,4,12H2,1H3. The molecule has 0 fully saturated rings. The summed E-state index contributed by atoms with van der Waals surface area (Å²) in [7, 11) is 1.57. The van der Waals surface area contributed by atoms with Gasteiger partial charge in [-0.25, -0.2) is 4.79 Å². The lowest BCUT2D eigenvalue weighted by Crippen LogP contribution is -2.23. The fourth-order valence-electron chi connectivity index (χ4n) is 2.35. The number of nitrogens with two attached hydrogens (primary N) is 1. The summed E-state index contributed by atoms with van der Waals surface area (Å²) in [5, 5.41) is 0. The fourth-order valence-corrected chi connectivity index (χ4v) is 2.35. The highest BCUT2D eigenvalue weighted by atomic mass is 16.6. The summed E-state index contributed by atoms with van der Waals surface area (Å²) in [5.41, 5.74) is 8.67. The van der Waals surface area contributed by atoms with Crippen LogP contribution < -0.4 is 15.2 Å². The van der Waals surface area contributed by atoms with Crippen molar-refractivity contribution in [2.24, 2.45) is 5.73 Å². The van der Waals surface area contributed by atoms with Gasteiger partial charge in [0.05, 0.1) is 7.11 Å². The van der Waals surface area contributed by atoms with Crippen LogP contribution in [0.25, 0.3) is 0 Å². The number of carbonyl (C=O) groups is 1. The maximum Gasteiger partial charge on any atom is 0.351 e. The molecule has 1 unspecified atom stereocenters. The molecule has 4 heteroatoms. The zero-order chi connectivity index (χ0) is 10.6. The molecule has 15 heavy (non-hydrogen) atoms. The molecule has 1 heterocycles. The average molecular weight is 205 g/mol. The Morgan fingerprint density at radius 2 is 2.33 bits per heavy atom. The lowest BCUT2D eigenvalue weighted by Gasteiger charge is -2.22. The van der Waals surface area contributed by atoms with Gasteiger partial charge in [-0.05, 0) is 24.5 Å². The third-order valence-electron chi connectivity index (χ3n) is 3.00. The van der Waals surface area contributed by atoms with E-state index in [9.17, 15) is 4.79 Å². The summed E-state index contributed by atoms with van der Waals surface area (Å²) in [6.07, 6.45) is 1.61. The van der Waals surface area contributed by atoms with Gasteiger partial charge < -0.3 is 15.2 Å². The van der Waals surface area contributed by atoms with E-state index in [0.29, 0.717) is 17.1 Å². The minimum absolute atomic E-state index is 0.130. The summed E-state index contributed by atoms with van der Waals surface area (Å²) in [6, 6.07) is 2.03. The molecule has 2 N–H and O–H groups in total. The second kappa shape index (κ2) is 2.73. The maximum absolute atomic E-state index is 11.2. The van der Waals surface area contributed by atoms with Crippen LogP contribution in [0.4, 0.5) is 0 Å². The predicted molar refractivity (Wildman–Crippen MR) is 53.3 cm³/mol. The van der Waals surface area contributed by atoms with Gasteiger partial charge in [0.25, 0.3) is 0 Å². The summed E-state index contributed by atoms with van der Waals surface area (Å²) in [4.78, 5) is 11.2. The van der Waals surface area contributed by atoms with Gasteiger partial charge in [-0.1, -0.05) is 0 Å². The Morgan fingerprint density at radius 1 is 1.53 bits per heavy atom. The Bertz CT molecular complexity index is 467. The molecule has 0 amide bonds. The molecule has 1 aliphatic carbocycles. The third kappa shape index (κ3) is 1.02. The number of rotatable bonds is 1. The van der Waals surface area contributed by atoms with Gasteiger partial charge in [0, 0.05) is 11.6 Å². The normalized spacial score (nSPS) is 21.5. The smallest absolute Gasteiger partial charge is 0.351 e. The lowest BCUT2D eigenvalue weighted by molar-refractivity contribution is 0.0652. The minimum Gasteiger partial charge on any atom is -0.495 e. The number of fused-ring (bicyclic) bond motifs is 2. The lowest BCUT2D eigenvalue weighted by atomic mass is 10.0. The number of benzene rings is 1. The quantitative estimate of drug-likeness (QED) is 0.684. The van der Waals surface area contributed by atoms with Crippen LogP contribution in [-0.2, 0) is 12.8 Å². The first-order valence-electron chi connectivity index (χ1n) is 4.91. The van der Waals surface area contributed by atoms with Crippen molar-refractivity contribution in [2.75, 3.05) is 7.11 Å². The predicted octanol–water partition coefficient (Wildman–Crippen LogP) is 0.654. The molecule has 4 nitrogen and oxygen atoms in total. The summed E-state index contributed by atoms with van der Waals surface area (Å²) in [5.74, 6) is 0.988. The number of methoxy groups -OCH3 is 1. The molecule has 0 saturated heterocycles. The number of ether oxygens (including phenoxy) is 2. The van der Waals surface area contributed by atoms with Crippen LogP contribution >= 0.6 is 0 Å². The van der Waals surface area contributed by atoms with Crippen LogP contribution in [0.15, 0.2) is 6.07 Å². The molecule has 2 aliphatic rings. The maximum atomic E-state index is 11.2. The summed E-state index contributed by atoms with van der Waals surface area (Å²) >= 11 is 0. The summed E-state index contributed by atoms with van der Waals surface area (Å²) < 4.78 is 10.2. The molecule has 0 spiro atoms. The van der Waals surface area contributed by atoms with Crippen molar-refractivity contribution >= 4 is 5.97 Å². The second-order valence-electron chi connectivity index (χ2n) is 3.98. The van der Waals surface area contributed by atoms with Crippen LogP contribution in [0.2, 0.25) is 0 Å². The van der Waals surface area contributed by atoms with Crippen molar-refractivity contribution in [1.82, 2.24) is 0 Å². The van der Waals surface area contributed by atoms with E-state index >= 15 is 0 Å². The van der Waals surface area contributed by atoms with E-state index in [1.54, 1.807) is 7.11 Å². The Labute approximate surface area is 87.0 Å². The molecule has 0 bridgehead atoms. The van der Waals surface area contributed by atoms with Gasteiger partial charge in [-0.15, -0.1) is 0 Å². The topological polar surface area (TPSA) is 61.5 Å². The van der Waals surface area contributed by atoms with Crippen molar-refractivity contribution in [1.29, 1.82) is 0 Å². The number of hydrogen-bond donors (Lipinski definition) is 1. The largest absolute Gasteiger partial charge is 0.495 e. The van der Waals surface area contributed by atoms with E-state index < -0.39 is 0 Å². The molecule has 1 aromatic carbocycles. The van der Waals surface area contributed by atoms with Crippen LogP contribution in [0.5, 0.6) is 11.5 Å². The summed E-state index contributed by atoms with van der Waals surface area (Å²) in [6.45, 7) is 0. The van der Waals surface area contributed by atoms with Crippen LogP contribution in [-0.4, -0.2) is 19.1 Å². The molecule has 0 saturated carbocycles.